The smallest absolute Gasteiger partial charge is 0.315 e. The lowest BCUT2D eigenvalue weighted by molar-refractivity contribution is -0.144. The predicted molar refractivity (Wildman–Crippen MR) is 102 cm³/mol. The van der Waals surface area contributed by atoms with Crippen molar-refractivity contribution >= 4 is 17.6 Å². The van der Waals surface area contributed by atoms with Gasteiger partial charge in [0.1, 0.15) is 5.76 Å². The van der Waals surface area contributed by atoms with Gasteiger partial charge in [0.2, 0.25) is 0 Å². The fourth-order valence-corrected chi connectivity index (χ4v) is 3.59. The number of anilines is 1. The number of aryl methyl sites for hydroxylation is 1. The molecule has 2 amide bonds. The van der Waals surface area contributed by atoms with Crippen LogP contribution in [-0.4, -0.2) is 45.2 Å². The molecule has 28 heavy (non-hydrogen) atoms. The van der Waals surface area contributed by atoms with Crippen molar-refractivity contribution in [1.29, 1.82) is 0 Å². The summed E-state index contributed by atoms with van der Waals surface area (Å²) < 4.78 is 4.91. The van der Waals surface area contributed by atoms with Crippen LogP contribution in [0.2, 0.25) is 0 Å². The van der Waals surface area contributed by atoms with Crippen LogP contribution in [0.1, 0.15) is 30.2 Å². The Morgan fingerprint density at radius 3 is 2.86 bits per heavy atom. The molecule has 0 radical (unpaired) electrons. The van der Waals surface area contributed by atoms with Crippen molar-refractivity contribution < 1.29 is 14.1 Å². The van der Waals surface area contributed by atoms with Crippen LogP contribution in [0.3, 0.4) is 0 Å². The summed E-state index contributed by atoms with van der Waals surface area (Å²) in [6, 6.07) is 11.6. The topological polar surface area (TPSA) is 104 Å². The fourth-order valence-electron chi connectivity index (χ4n) is 3.59. The number of carbonyl (C=O) groups is 2. The summed E-state index contributed by atoms with van der Waals surface area (Å²) in [4.78, 5) is 26.5. The number of benzene rings is 1. The summed E-state index contributed by atoms with van der Waals surface area (Å²) in [6.45, 7) is 2.73. The highest BCUT2D eigenvalue weighted by Crippen LogP contribution is 2.33. The second kappa shape index (κ2) is 7.67. The average Bonchev–Trinajstić information content (AvgIpc) is 3.37. The lowest BCUT2D eigenvalue weighted by Crippen LogP contribution is -2.44. The molecule has 1 aliphatic heterocycles. The Morgan fingerprint density at radius 2 is 2.11 bits per heavy atom. The third kappa shape index (κ3) is 3.66. The van der Waals surface area contributed by atoms with E-state index in [0.717, 1.165) is 29.7 Å². The van der Waals surface area contributed by atoms with E-state index in [0.29, 0.717) is 18.8 Å². The second-order valence-electron chi connectivity index (χ2n) is 6.93. The lowest BCUT2D eigenvalue weighted by Gasteiger charge is -2.32. The van der Waals surface area contributed by atoms with Crippen molar-refractivity contribution in [2.45, 2.75) is 25.7 Å². The molecule has 3 heterocycles. The molecule has 1 aromatic carbocycles. The summed E-state index contributed by atoms with van der Waals surface area (Å²) >= 11 is 0. The monoisotopic (exact) mass is 379 g/mol. The third-order valence-corrected chi connectivity index (χ3v) is 4.93. The molecule has 2 aromatic heterocycles. The first-order valence-corrected chi connectivity index (χ1v) is 9.24. The van der Waals surface area contributed by atoms with Gasteiger partial charge in [0.25, 0.3) is 0 Å². The number of amides is 2. The van der Waals surface area contributed by atoms with Crippen molar-refractivity contribution in [2.24, 2.45) is 0 Å². The molecule has 1 fully saturated rings. The molecule has 8 nitrogen and oxygen atoms in total. The number of H-pyrrole nitrogens is 1. The van der Waals surface area contributed by atoms with E-state index in [1.807, 2.05) is 36.5 Å². The van der Waals surface area contributed by atoms with Gasteiger partial charge in [-0.15, -0.1) is 0 Å². The maximum Gasteiger partial charge on any atom is 0.315 e. The normalized spacial score (nSPS) is 16.8. The number of nitrogens with one attached hydrogen (secondary N) is 2. The minimum atomic E-state index is -0.707. The van der Waals surface area contributed by atoms with E-state index in [1.165, 1.54) is 0 Å². The summed E-state index contributed by atoms with van der Waals surface area (Å²) in [5.74, 6) is -0.372. The Kier molecular flexibility index (Phi) is 4.92. The van der Waals surface area contributed by atoms with Crippen LogP contribution in [-0.2, 0) is 9.59 Å². The lowest BCUT2D eigenvalue weighted by atomic mass is 9.90. The minimum absolute atomic E-state index is 0.0949. The highest BCUT2D eigenvalue weighted by Gasteiger charge is 2.31. The van der Waals surface area contributed by atoms with Gasteiger partial charge >= 0.3 is 11.8 Å². The minimum Gasteiger partial charge on any atom is -0.360 e. The fraction of sp³-hybridized carbons (Fsp3) is 0.300. The van der Waals surface area contributed by atoms with E-state index in [2.05, 4.69) is 20.7 Å². The molecule has 8 heteroatoms. The Morgan fingerprint density at radius 1 is 1.29 bits per heavy atom. The standard InChI is InChI=1S/C20H21N5O3/c1-13-10-17(24-28-13)22-19(26)20(27)25-9-5-8-15(12-25)18-16(11-21-23-18)14-6-3-2-4-7-14/h2-4,6-7,10-11,15H,5,8-9,12H2,1H3,(H,21,23)(H,22,24,26)/t15-/m0/s1. The van der Waals surface area contributed by atoms with E-state index < -0.39 is 11.8 Å². The number of aromatic amines is 1. The second-order valence-corrected chi connectivity index (χ2v) is 6.93. The summed E-state index contributed by atoms with van der Waals surface area (Å²) in [6.07, 6.45) is 3.56. The molecule has 0 bridgehead atoms. The van der Waals surface area contributed by atoms with Crippen LogP contribution in [0.5, 0.6) is 0 Å². The molecule has 0 spiro atoms. The van der Waals surface area contributed by atoms with Crippen LogP contribution in [0.25, 0.3) is 11.1 Å². The molecule has 3 aromatic rings. The zero-order valence-electron chi connectivity index (χ0n) is 15.5. The largest absolute Gasteiger partial charge is 0.360 e. The number of hydrogen-bond donors (Lipinski definition) is 2. The van der Waals surface area contributed by atoms with E-state index in [9.17, 15) is 9.59 Å². The van der Waals surface area contributed by atoms with Gasteiger partial charge in [-0.2, -0.15) is 5.10 Å². The highest BCUT2D eigenvalue weighted by atomic mass is 16.5. The molecular weight excluding hydrogens is 358 g/mol. The Labute approximate surface area is 161 Å². The van der Waals surface area contributed by atoms with Gasteiger partial charge in [-0.1, -0.05) is 35.5 Å². The summed E-state index contributed by atoms with van der Waals surface area (Å²) in [5.41, 5.74) is 3.10. The number of piperidine rings is 1. The number of hydrogen-bond acceptors (Lipinski definition) is 5. The zero-order chi connectivity index (χ0) is 19.5. The van der Waals surface area contributed by atoms with E-state index in [-0.39, 0.29) is 11.7 Å². The first-order chi connectivity index (χ1) is 13.6. The molecule has 144 valence electrons. The molecular formula is C20H21N5O3. The number of carbonyl (C=O) groups excluding carboxylic acids is 2. The Bertz CT molecular complexity index is 979. The van der Waals surface area contributed by atoms with Gasteiger partial charge in [0.05, 0.1) is 6.20 Å². The van der Waals surface area contributed by atoms with Crippen LogP contribution in [0.15, 0.2) is 47.1 Å². The molecule has 0 unspecified atom stereocenters. The number of aromatic nitrogens is 3. The molecule has 4 rings (SSSR count). The van der Waals surface area contributed by atoms with E-state index in [4.69, 9.17) is 4.52 Å². The quantitative estimate of drug-likeness (QED) is 0.681. The van der Waals surface area contributed by atoms with Crippen LogP contribution < -0.4 is 5.32 Å². The van der Waals surface area contributed by atoms with E-state index in [1.54, 1.807) is 17.9 Å². The molecule has 2 N–H and O–H groups in total. The first kappa shape index (κ1) is 18.0. The van der Waals surface area contributed by atoms with Crippen LogP contribution >= 0.6 is 0 Å². The first-order valence-electron chi connectivity index (χ1n) is 9.24. The van der Waals surface area contributed by atoms with Crippen LogP contribution in [0, 0.1) is 6.92 Å². The zero-order valence-corrected chi connectivity index (χ0v) is 15.5. The van der Waals surface area contributed by atoms with E-state index >= 15 is 0 Å². The van der Waals surface area contributed by atoms with Crippen LogP contribution in [0.4, 0.5) is 5.82 Å². The SMILES string of the molecule is Cc1cc(NC(=O)C(=O)N2CCC[C@H](c3[nH]ncc3-c3ccccc3)C2)no1. The van der Waals surface area contributed by atoms with Gasteiger partial charge in [0, 0.05) is 36.3 Å². The summed E-state index contributed by atoms with van der Waals surface area (Å²) in [7, 11) is 0. The maximum absolute atomic E-state index is 12.6. The molecule has 1 saturated heterocycles. The van der Waals surface area contributed by atoms with Gasteiger partial charge in [-0.3, -0.25) is 20.0 Å². The van der Waals surface area contributed by atoms with Crippen molar-refractivity contribution in [2.75, 3.05) is 18.4 Å². The third-order valence-electron chi connectivity index (χ3n) is 4.93. The van der Waals surface area contributed by atoms with Crippen molar-refractivity contribution in [3.8, 4) is 11.1 Å². The molecule has 1 aliphatic rings. The van der Waals surface area contributed by atoms with Gasteiger partial charge in [0.15, 0.2) is 5.82 Å². The van der Waals surface area contributed by atoms with Gasteiger partial charge in [-0.25, -0.2) is 0 Å². The molecule has 0 aliphatic carbocycles. The highest BCUT2D eigenvalue weighted by molar-refractivity contribution is 6.39. The maximum atomic E-state index is 12.6. The summed E-state index contributed by atoms with van der Waals surface area (Å²) in [5, 5.41) is 13.5. The average molecular weight is 379 g/mol. The van der Waals surface area contributed by atoms with Gasteiger partial charge in [-0.05, 0) is 25.3 Å². The molecule has 1 atom stereocenters. The van der Waals surface area contributed by atoms with Crippen molar-refractivity contribution in [1.82, 2.24) is 20.3 Å². The Balaban J connectivity index is 1.47. The number of likely N-dealkylation sites (tertiary alicyclic amines) is 1. The van der Waals surface area contributed by atoms with Gasteiger partial charge < -0.3 is 9.42 Å². The van der Waals surface area contributed by atoms with Crippen molar-refractivity contribution in [3.63, 3.8) is 0 Å². The Hall–Kier alpha value is -3.42. The molecule has 0 saturated carbocycles. The number of rotatable bonds is 3. The predicted octanol–water partition coefficient (Wildman–Crippen LogP) is 2.72. The van der Waals surface area contributed by atoms with Crippen molar-refractivity contribution in [3.05, 3.63) is 54.0 Å². The number of nitrogens with zero attached hydrogens (tertiary/aromatic N) is 3.